The van der Waals surface area contributed by atoms with Gasteiger partial charge in [-0.3, -0.25) is 0 Å². The largest absolute Gasteiger partial charge is 0.494 e. The monoisotopic (exact) mass is 206 g/mol. The average molecular weight is 206 g/mol. The van der Waals surface area contributed by atoms with Gasteiger partial charge in [-0.15, -0.1) is 0 Å². The van der Waals surface area contributed by atoms with Crippen molar-refractivity contribution in [3.8, 4) is 5.75 Å². The summed E-state index contributed by atoms with van der Waals surface area (Å²) in [5.41, 5.74) is 0.934. The number of benzene rings is 1. The zero-order valence-corrected chi connectivity index (χ0v) is 8.90. The van der Waals surface area contributed by atoms with Crippen molar-refractivity contribution < 1.29 is 14.3 Å². The van der Waals surface area contributed by atoms with Gasteiger partial charge in [0.05, 0.1) is 13.7 Å². The predicted octanol–water partition coefficient (Wildman–Crippen LogP) is 2.27. The van der Waals surface area contributed by atoms with Gasteiger partial charge < -0.3 is 9.47 Å². The van der Waals surface area contributed by atoms with E-state index in [1.807, 2.05) is 31.2 Å². The smallest absolute Gasteiger partial charge is 0.330 e. The van der Waals surface area contributed by atoms with Crippen LogP contribution in [-0.2, 0) is 9.53 Å². The lowest BCUT2D eigenvalue weighted by Gasteiger charge is -2.01. The van der Waals surface area contributed by atoms with Crippen LogP contribution in [0.4, 0.5) is 0 Å². The average Bonchev–Trinajstić information content (AvgIpc) is 2.28. The minimum atomic E-state index is -0.358. The van der Waals surface area contributed by atoms with Crippen LogP contribution in [0.1, 0.15) is 12.5 Å². The number of esters is 1. The van der Waals surface area contributed by atoms with Crippen molar-refractivity contribution in [2.45, 2.75) is 6.92 Å². The number of rotatable bonds is 4. The second kappa shape index (κ2) is 5.86. The molecule has 15 heavy (non-hydrogen) atoms. The van der Waals surface area contributed by atoms with Crippen molar-refractivity contribution in [2.24, 2.45) is 0 Å². The molecule has 0 unspecified atom stereocenters. The van der Waals surface area contributed by atoms with Gasteiger partial charge in [0.2, 0.25) is 0 Å². The molecule has 0 heterocycles. The van der Waals surface area contributed by atoms with Crippen molar-refractivity contribution in [1.29, 1.82) is 0 Å². The Kier molecular flexibility index (Phi) is 4.41. The summed E-state index contributed by atoms with van der Waals surface area (Å²) >= 11 is 0. The number of ether oxygens (including phenoxy) is 2. The van der Waals surface area contributed by atoms with Crippen LogP contribution in [-0.4, -0.2) is 19.7 Å². The van der Waals surface area contributed by atoms with Crippen molar-refractivity contribution >= 4 is 12.0 Å². The first-order valence-corrected chi connectivity index (χ1v) is 4.75. The van der Waals surface area contributed by atoms with Crippen LogP contribution in [0.15, 0.2) is 30.3 Å². The first-order chi connectivity index (χ1) is 7.26. The summed E-state index contributed by atoms with van der Waals surface area (Å²) in [6.07, 6.45) is 3.08. The Labute approximate surface area is 89.3 Å². The summed E-state index contributed by atoms with van der Waals surface area (Å²) in [5.74, 6) is 0.469. The molecule has 0 bridgehead atoms. The molecule has 1 aromatic rings. The number of carbonyl (C=O) groups is 1. The van der Waals surface area contributed by atoms with Gasteiger partial charge in [0.15, 0.2) is 0 Å². The lowest BCUT2D eigenvalue weighted by Crippen LogP contribution is -1.93. The molecule has 0 spiro atoms. The molecule has 0 aromatic heterocycles. The molecule has 0 radical (unpaired) electrons. The maximum Gasteiger partial charge on any atom is 0.330 e. The van der Waals surface area contributed by atoms with Crippen LogP contribution in [0.3, 0.4) is 0 Å². The van der Waals surface area contributed by atoms with E-state index in [2.05, 4.69) is 4.74 Å². The standard InChI is InChI=1S/C12H14O3/c1-3-15-11-7-4-10(5-8-11)6-9-12(13)14-2/h4-9H,3H2,1-2H3/b9-6-. The van der Waals surface area contributed by atoms with Gasteiger partial charge >= 0.3 is 5.97 Å². The van der Waals surface area contributed by atoms with E-state index in [0.29, 0.717) is 6.61 Å². The van der Waals surface area contributed by atoms with E-state index in [9.17, 15) is 4.79 Å². The second-order valence-corrected chi connectivity index (χ2v) is 2.86. The Balaban J connectivity index is 2.64. The molecule has 0 aliphatic carbocycles. The van der Waals surface area contributed by atoms with E-state index in [-0.39, 0.29) is 5.97 Å². The normalized spacial score (nSPS) is 10.3. The van der Waals surface area contributed by atoms with Gasteiger partial charge in [-0.1, -0.05) is 12.1 Å². The summed E-state index contributed by atoms with van der Waals surface area (Å²) < 4.78 is 9.78. The topological polar surface area (TPSA) is 35.5 Å². The molecule has 0 saturated carbocycles. The number of carbonyl (C=O) groups excluding carboxylic acids is 1. The van der Waals surface area contributed by atoms with E-state index in [0.717, 1.165) is 11.3 Å². The van der Waals surface area contributed by atoms with E-state index < -0.39 is 0 Å². The highest BCUT2D eigenvalue weighted by Crippen LogP contribution is 2.12. The number of hydrogen-bond donors (Lipinski definition) is 0. The zero-order chi connectivity index (χ0) is 11.1. The second-order valence-electron chi connectivity index (χ2n) is 2.86. The highest BCUT2D eigenvalue weighted by molar-refractivity contribution is 5.86. The number of methoxy groups -OCH3 is 1. The minimum absolute atomic E-state index is 0.358. The highest BCUT2D eigenvalue weighted by Gasteiger charge is 1.93. The van der Waals surface area contributed by atoms with Crippen molar-refractivity contribution in [1.82, 2.24) is 0 Å². The third kappa shape index (κ3) is 3.85. The van der Waals surface area contributed by atoms with E-state index in [1.54, 1.807) is 6.08 Å². The Morgan fingerprint density at radius 1 is 1.33 bits per heavy atom. The Hall–Kier alpha value is -1.77. The summed E-state index contributed by atoms with van der Waals surface area (Å²) in [5, 5.41) is 0. The Morgan fingerprint density at radius 2 is 2.00 bits per heavy atom. The van der Waals surface area contributed by atoms with Gasteiger partial charge in [-0.25, -0.2) is 4.79 Å². The van der Waals surface area contributed by atoms with Crippen LogP contribution in [0, 0.1) is 0 Å². The van der Waals surface area contributed by atoms with E-state index in [1.165, 1.54) is 13.2 Å². The maximum absolute atomic E-state index is 10.8. The molecule has 0 saturated heterocycles. The molecule has 1 rings (SSSR count). The van der Waals surface area contributed by atoms with Crippen molar-refractivity contribution in [2.75, 3.05) is 13.7 Å². The SMILES string of the molecule is CCOc1ccc(/C=C\C(=O)OC)cc1. The molecule has 0 aliphatic rings. The first kappa shape index (κ1) is 11.3. The minimum Gasteiger partial charge on any atom is -0.494 e. The quantitative estimate of drug-likeness (QED) is 0.560. The molecule has 0 atom stereocenters. The van der Waals surface area contributed by atoms with Gasteiger partial charge in [-0.2, -0.15) is 0 Å². The van der Waals surface area contributed by atoms with Crippen molar-refractivity contribution in [3.05, 3.63) is 35.9 Å². The summed E-state index contributed by atoms with van der Waals surface area (Å²) in [6, 6.07) is 7.48. The number of hydrogen-bond acceptors (Lipinski definition) is 3. The summed E-state index contributed by atoms with van der Waals surface area (Å²) in [7, 11) is 1.35. The van der Waals surface area contributed by atoms with Gasteiger partial charge in [0.1, 0.15) is 5.75 Å². The zero-order valence-electron chi connectivity index (χ0n) is 8.90. The molecule has 1 aromatic carbocycles. The predicted molar refractivity (Wildman–Crippen MR) is 58.7 cm³/mol. The van der Waals surface area contributed by atoms with Crippen LogP contribution >= 0.6 is 0 Å². The molecule has 3 heteroatoms. The summed E-state index contributed by atoms with van der Waals surface area (Å²) in [6.45, 7) is 2.59. The van der Waals surface area contributed by atoms with Crippen LogP contribution < -0.4 is 4.74 Å². The first-order valence-electron chi connectivity index (χ1n) is 4.75. The molecule has 0 aliphatic heterocycles. The van der Waals surface area contributed by atoms with Crippen molar-refractivity contribution in [3.63, 3.8) is 0 Å². The Morgan fingerprint density at radius 3 is 2.53 bits per heavy atom. The molecular weight excluding hydrogens is 192 g/mol. The highest BCUT2D eigenvalue weighted by atomic mass is 16.5. The van der Waals surface area contributed by atoms with Gasteiger partial charge in [-0.05, 0) is 30.7 Å². The Bertz CT molecular complexity index is 338. The van der Waals surface area contributed by atoms with E-state index in [4.69, 9.17) is 4.74 Å². The fraction of sp³-hybridized carbons (Fsp3) is 0.250. The molecule has 0 amide bonds. The fourth-order valence-corrected chi connectivity index (χ4v) is 1.07. The van der Waals surface area contributed by atoms with Crippen LogP contribution in [0.25, 0.3) is 6.08 Å². The third-order valence-corrected chi connectivity index (χ3v) is 1.80. The molecule has 0 fully saturated rings. The fourth-order valence-electron chi connectivity index (χ4n) is 1.07. The third-order valence-electron chi connectivity index (χ3n) is 1.80. The molecule has 3 nitrogen and oxygen atoms in total. The lowest BCUT2D eigenvalue weighted by atomic mass is 10.2. The van der Waals surface area contributed by atoms with Crippen LogP contribution in [0.5, 0.6) is 5.75 Å². The van der Waals surface area contributed by atoms with Crippen LogP contribution in [0.2, 0.25) is 0 Å². The molecular formula is C12H14O3. The maximum atomic E-state index is 10.8. The molecule has 80 valence electrons. The summed E-state index contributed by atoms with van der Waals surface area (Å²) in [4.78, 5) is 10.8. The van der Waals surface area contributed by atoms with Gasteiger partial charge in [0, 0.05) is 6.08 Å². The molecule has 0 N–H and O–H groups in total. The van der Waals surface area contributed by atoms with Gasteiger partial charge in [0.25, 0.3) is 0 Å². The van der Waals surface area contributed by atoms with E-state index >= 15 is 0 Å². The lowest BCUT2D eigenvalue weighted by molar-refractivity contribution is -0.134.